The molecule has 22 heteroatoms. The lowest BCUT2D eigenvalue weighted by atomic mass is 9.30. The molecule has 0 aromatic heterocycles. The molecule has 5 aliphatic carbocycles. The van der Waals surface area contributed by atoms with E-state index < -0.39 is 166 Å². The fourth-order valence-corrected chi connectivity index (χ4v) is 17.4. The highest BCUT2D eigenvalue weighted by Crippen LogP contribution is 2.80. The highest BCUT2D eigenvalue weighted by atomic mass is 16.8. The van der Waals surface area contributed by atoms with Crippen LogP contribution >= 0.6 is 0 Å². The second-order valence-electron chi connectivity index (χ2n) is 25.8. The lowest BCUT2D eigenvalue weighted by molar-refractivity contribution is -0.392. The summed E-state index contributed by atoms with van der Waals surface area (Å²) in [6, 6.07) is 0. The molecule has 5 aliphatic heterocycles. The van der Waals surface area contributed by atoms with Crippen molar-refractivity contribution in [2.45, 2.75) is 234 Å². The molecule has 10 rings (SSSR count). The summed E-state index contributed by atoms with van der Waals surface area (Å²) < 4.78 is 55.9. The zero-order chi connectivity index (χ0) is 53.5. The van der Waals surface area contributed by atoms with Gasteiger partial charge in [-0.3, -0.25) is 0 Å². The van der Waals surface area contributed by atoms with Gasteiger partial charge in [0.05, 0.1) is 50.8 Å². The zero-order valence-electron chi connectivity index (χ0n) is 43.4. The Bertz CT molecular complexity index is 2020. The van der Waals surface area contributed by atoms with Gasteiger partial charge in [-0.1, -0.05) is 41.5 Å². The molecule has 0 aromatic carbocycles. The van der Waals surface area contributed by atoms with Crippen LogP contribution in [0, 0.1) is 50.2 Å². The van der Waals surface area contributed by atoms with Gasteiger partial charge in [0, 0.05) is 16.2 Å². The van der Waals surface area contributed by atoms with E-state index in [2.05, 4.69) is 41.5 Å². The number of hydrogen-bond donors (Lipinski definition) is 12. The Morgan fingerprint density at radius 2 is 1.18 bits per heavy atom. The Morgan fingerprint density at radius 1 is 0.554 bits per heavy atom. The minimum absolute atomic E-state index is 0.0727. The van der Waals surface area contributed by atoms with E-state index in [1.165, 1.54) is 0 Å². The van der Waals surface area contributed by atoms with Crippen molar-refractivity contribution in [3.8, 4) is 0 Å². The second kappa shape index (κ2) is 19.8. The number of ether oxygens (including phenoxy) is 9. The topological polar surface area (TPSA) is 343 Å². The molecule has 2 bridgehead atoms. The predicted molar refractivity (Wildman–Crippen MR) is 251 cm³/mol. The molecule has 0 aromatic rings. The average Bonchev–Trinajstić information content (AvgIpc) is 3.65. The van der Waals surface area contributed by atoms with Crippen molar-refractivity contribution in [1.29, 1.82) is 0 Å². The zero-order valence-corrected chi connectivity index (χ0v) is 43.4. The largest absolute Gasteiger partial charge is 0.394 e. The van der Waals surface area contributed by atoms with Crippen molar-refractivity contribution in [3.05, 3.63) is 0 Å². The maximum atomic E-state index is 12.6. The molecule has 10 fully saturated rings. The fourth-order valence-electron chi connectivity index (χ4n) is 17.4. The molecule has 5 saturated heterocycles. The fraction of sp³-hybridized carbons (Fsp3) is 0.981. The van der Waals surface area contributed by atoms with Crippen LogP contribution in [0.2, 0.25) is 0 Å². The van der Waals surface area contributed by atoms with Crippen LogP contribution in [0.1, 0.15) is 106 Å². The van der Waals surface area contributed by atoms with E-state index >= 15 is 0 Å². The van der Waals surface area contributed by atoms with Gasteiger partial charge in [0.2, 0.25) is 0 Å². The molecule has 5 saturated carbocycles. The van der Waals surface area contributed by atoms with Gasteiger partial charge in [-0.15, -0.1) is 0 Å². The Kier molecular flexibility index (Phi) is 15.0. The lowest BCUT2D eigenvalue weighted by Crippen LogP contribution is -2.74. The van der Waals surface area contributed by atoms with Crippen LogP contribution in [0.3, 0.4) is 0 Å². The monoisotopic (exact) mass is 1060 g/mol. The average molecular weight is 1060 g/mol. The predicted octanol–water partition coefficient (Wildman–Crippen LogP) is -1.89. The SMILES string of the molecule is CC1(C)[C@@H](O[C@H]2OC[C@H](O[C@@H]3O[C@H](CO)[C@@H](O)[C@H](O)[C@H]3O[C@@H]3OC[C@@H](O)[C@H](O)[C@H]3O)[C@H](O)[C@H]2O[C@@H]2O[C@H](CO)[C@@H](O)[C@H](O)[C@H]2O)CC[C@]2(C)[C@H]3CC[C@]45OC[C@@]6(CC[C@](C)(C=O)C[C@H]64)[C@H](O)C[C@@]5(C)[C@]3(C)CC[C@@H]12. The van der Waals surface area contributed by atoms with Gasteiger partial charge in [-0.2, -0.15) is 0 Å². The van der Waals surface area contributed by atoms with Gasteiger partial charge >= 0.3 is 0 Å². The number of carbonyl (C=O) groups excluding carboxylic acids is 1. The van der Waals surface area contributed by atoms with E-state index in [0.29, 0.717) is 25.9 Å². The number of rotatable bonds is 11. The molecule has 1 spiro atoms. The van der Waals surface area contributed by atoms with Crippen LogP contribution in [0.25, 0.3) is 0 Å². The first-order valence-electron chi connectivity index (χ1n) is 27.1. The molecule has 424 valence electrons. The summed E-state index contributed by atoms with van der Waals surface area (Å²) in [6.07, 6.45) is -22.1. The highest BCUT2D eigenvalue weighted by molar-refractivity contribution is 5.59. The number of hydrogen-bond acceptors (Lipinski definition) is 22. The van der Waals surface area contributed by atoms with Crippen molar-refractivity contribution in [2.24, 2.45) is 50.2 Å². The van der Waals surface area contributed by atoms with Crippen molar-refractivity contribution in [1.82, 2.24) is 0 Å². The van der Waals surface area contributed by atoms with E-state index in [9.17, 15) is 66.1 Å². The summed E-state index contributed by atoms with van der Waals surface area (Å²) in [5, 5.41) is 130. The van der Waals surface area contributed by atoms with Crippen molar-refractivity contribution in [3.63, 3.8) is 0 Å². The first-order valence-corrected chi connectivity index (χ1v) is 27.1. The Morgan fingerprint density at radius 3 is 1.86 bits per heavy atom. The van der Waals surface area contributed by atoms with Gasteiger partial charge < -0.3 is 109 Å². The van der Waals surface area contributed by atoms with Crippen LogP contribution in [0.15, 0.2) is 0 Å². The molecule has 74 heavy (non-hydrogen) atoms. The standard InChI is InChI=1S/C52H84O22/c1-46(2)27-7-11-49(5)28(8-12-52-29-15-47(3,21-55)13-14-51(29,22-68-52)30(57)16-50(49,52)6)48(27,4)10-9-31(46)72-44-40(74-43-39(65)36(62)33(59)24(17-53)69-43)35(61)26(20-67-44)71-45-41(37(63)34(60)25(18-54)70-45)73-42-38(64)32(58)23(56)19-66-42/h21,23-45,53-54,56-65H,7-20,22H2,1-6H3/t23-,24-,25-,26+,27+,28-,29-,30-,31+,32+,33-,34-,35+,36+,37+,38-,39-,40-,41-,42+,43+,44-,45+,47+,48+,49-,50+,51-,52+/m1/s1. The molecule has 0 amide bonds. The maximum absolute atomic E-state index is 12.6. The minimum Gasteiger partial charge on any atom is -0.394 e. The smallest absolute Gasteiger partial charge is 0.187 e. The number of fused-ring (bicyclic) bond motifs is 4. The van der Waals surface area contributed by atoms with Crippen molar-refractivity contribution in [2.75, 3.05) is 33.0 Å². The van der Waals surface area contributed by atoms with Gasteiger partial charge in [0.1, 0.15) is 91.7 Å². The number of aliphatic hydroxyl groups is 12. The molecule has 0 radical (unpaired) electrons. The van der Waals surface area contributed by atoms with Gasteiger partial charge in [-0.05, 0) is 98.2 Å². The number of aldehydes is 1. The molecule has 10 aliphatic rings. The first-order chi connectivity index (χ1) is 34.8. The van der Waals surface area contributed by atoms with E-state index in [-0.39, 0.29) is 39.4 Å². The molecule has 12 N–H and O–H groups in total. The van der Waals surface area contributed by atoms with Crippen molar-refractivity contribution < 1.29 is 109 Å². The van der Waals surface area contributed by atoms with Crippen LogP contribution < -0.4 is 0 Å². The van der Waals surface area contributed by atoms with E-state index in [1.54, 1.807) is 0 Å². The molecular formula is C52H84O22. The number of carbonyl (C=O) groups is 1. The van der Waals surface area contributed by atoms with Crippen LogP contribution in [0.4, 0.5) is 0 Å². The summed E-state index contributed by atoms with van der Waals surface area (Å²) in [5.41, 5.74) is -2.57. The highest BCUT2D eigenvalue weighted by Gasteiger charge is 2.80. The summed E-state index contributed by atoms with van der Waals surface area (Å²) in [5.74, 6) is 0.456. The molecular weight excluding hydrogens is 977 g/mol. The van der Waals surface area contributed by atoms with Crippen LogP contribution in [0.5, 0.6) is 0 Å². The Labute approximate surface area is 431 Å². The molecule has 29 atom stereocenters. The third-order valence-corrected chi connectivity index (χ3v) is 22.0. The minimum atomic E-state index is -1.89. The summed E-state index contributed by atoms with van der Waals surface area (Å²) in [6.45, 7) is 11.7. The Balaban J connectivity index is 0.901. The molecule has 22 nitrogen and oxygen atoms in total. The third-order valence-electron chi connectivity index (χ3n) is 22.0. The maximum Gasteiger partial charge on any atom is 0.187 e. The van der Waals surface area contributed by atoms with Gasteiger partial charge in [0.25, 0.3) is 0 Å². The van der Waals surface area contributed by atoms with E-state index in [4.69, 9.17) is 42.6 Å². The molecule has 5 heterocycles. The Hall–Kier alpha value is -1.17. The first kappa shape index (κ1) is 56.1. The van der Waals surface area contributed by atoms with Crippen molar-refractivity contribution >= 4 is 6.29 Å². The van der Waals surface area contributed by atoms with Crippen LogP contribution in [-0.2, 0) is 47.4 Å². The number of aliphatic hydroxyl groups excluding tert-OH is 12. The van der Waals surface area contributed by atoms with Crippen LogP contribution in [-0.4, -0.2) is 229 Å². The summed E-state index contributed by atoms with van der Waals surface area (Å²) in [4.78, 5) is 12.6. The third kappa shape index (κ3) is 8.31. The van der Waals surface area contributed by atoms with E-state index in [1.807, 2.05) is 0 Å². The van der Waals surface area contributed by atoms with E-state index in [0.717, 1.165) is 51.2 Å². The second-order valence-corrected chi connectivity index (χ2v) is 25.8. The quantitative estimate of drug-likeness (QED) is 0.0795. The van der Waals surface area contributed by atoms with Gasteiger partial charge in [0.15, 0.2) is 25.2 Å². The normalized spacial score (nSPS) is 58.1. The molecule has 0 unspecified atom stereocenters. The summed E-state index contributed by atoms with van der Waals surface area (Å²) in [7, 11) is 0. The summed E-state index contributed by atoms with van der Waals surface area (Å²) >= 11 is 0. The van der Waals surface area contributed by atoms with Gasteiger partial charge in [-0.25, -0.2) is 0 Å². The lowest BCUT2D eigenvalue weighted by Gasteiger charge is -2.75.